The molecule has 0 saturated heterocycles. The van der Waals surface area contributed by atoms with Crippen LogP contribution in [0.1, 0.15) is 23.8 Å². The van der Waals surface area contributed by atoms with Crippen molar-refractivity contribution in [1.29, 1.82) is 5.26 Å². The SMILES string of the molecule is CCOC(=O)c1coc(-c2ccc(NC(=O)CC#N)cc2)n1. The summed E-state index contributed by atoms with van der Waals surface area (Å²) in [7, 11) is 0. The van der Waals surface area contributed by atoms with Gasteiger partial charge in [0.25, 0.3) is 0 Å². The van der Waals surface area contributed by atoms with Crippen LogP contribution in [0, 0.1) is 11.3 Å². The fraction of sp³-hybridized carbons (Fsp3) is 0.200. The number of esters is 1. The molecule has 0 bridgehead atoms. The zero-order valence-electron chi connectivity index (χ0n) is 11.8. The monoisotopic (exact) mass is 299 g/mol. The summed E-state index contributed by atoms with van der Waals surface area (Å²) >= 11 is 0. The Hall–Kier alpha value is -3.14. The first-order chi connectivity index (χ1) is 10.6. The van der Waals surface area contributed by atoms with Crippen molar-refractivity contribution >= 4 is 17.6 Å². The topological polar surface area (TPSA) is 105 Å². The third kappa shape index (κ3) is 3.70. The molecule has 1 aromatic heterocycles. The average Bonchev–Trinajstić information content (AvgIpc) is 2.98. The number of anilines is 1. The summed E-state index contributed by atoms with van der Waals surface area (Å²) in [6.45, 7) is 1.97. The van der Waals surface area contributed by atoms with Crippen molar-refractivity contribution in [1.82, 2.24) is 4.98 Å². The van der Waals surface area contributed by atoms with Gasteiger partial charge in [-0.1, -0.05) is 0 Å². The lowest BCUT2D eigenvalue weighted by Gasteiger charge is -2.03. The maximum absolute atomic E-state index is 11.5. The van der Waals surface area contributed by atoms with Crippen LogP contribution in [-0.2, 0) is 9.53 Å². The van der Waals surface area contributed by atoms with Crippen LogP contribution in [-0.4, -0.2) is 23.5 Å². The largest absolute Gasteiger partial charge is 0.461 e. The number of rotatable bonds is 5. The van der Waals surface area contributed by atoms with Crippen LogP contribution in [0.25, 0.3) is 11.5 Å². The highest BCUT2D eigenvalue weighted by atomic mass is 16.5. The number of nitrogens with one attached hydrogen (secondary N) is 1. The van der Waals surface area contributed by atoms with E-state index in [4.69, 9.17) is 14.4 Å². The lowest BCUT2D eigenvalue weighted by molar-refractivity contribution is -0.115. The zero-order valence-corrected chi connectivity index (χ0v) is 11.8. The summed E-state index contributed by atoms with van der Waals surface area (Å²) in [5.41, 5.74) is 1.30. The van der Waals surface area contributed by atoms with E-state index in [1.165, 1.54) is 6.26 Å². The summed E-state index contributed by atoms with van der Waals surface area (Å²) < 4.78 is 10.1. The molecule has 0 spiro atoms. The second kappa shape index (κ2) is 7.04. The molecule has 0 saturated carbocycles. The number of carbonyl (C=O) groups excluding carboxylic acids is 2. The molecule has 7 nitrogen and oxygen atoms in total. The van der Waals surface area contributed by atoms with Gasteiger partial charge in [-0.25, -0.2) is 9.78 Å². The van der Waals surface area contributed by atoms with E-state index in [0.717, 1.165) is 0 Å². The molecule has 0 atom stereocenters. The van der Waals surface area contributed by atoms with Gasteiger partial charge in [-0.3, -0.25) is 4.79 Å². The third-order valence-corrected chi connectivity index (χ3v) is 2.64. The number of amides is 1. The molecule has 0 aliphatic carbocycles. The molecule has 2 aromatic rings. The lowest BCUT2D eigenvalue weighted by Crippen LogP contribution is -2.09. The van der Waals surface area contributed by atoms with Gasteiger partial charge in [-0.2, -0.15) is 5.26 Å². The van der Waals surface area contributed by atoms with Crippen molar-refractivity contribution in [3.63, 3.8) is 0 Å². The Labute approximate surface area is 126 Å². The first-order valence-electron chi connectivity index (χ1n) is 6.54. The van der Waals surface area contributed by atoms with Crippen molar-refractivity contribution in [2.24, 2.45) is 0 Å². The average molecular weight is 299 g/mol. The first kappa shape index (κ1) is 15.3. The van der Waals surface area contributed by atoms with Crippen molar-refractivity contribution in [2.45, 2.75) is 13.3 Å². The van der Waals surface area contributed by atoms with Crippen molar-refractivity contribution < 1.29 is 18.7 Å². The normalized spacial score (nSPS) is 9.82. The van der Waals surface area contributed by atoms with Gasteiger partial charge in [0.15, 0.2) is 5.69 Å². The smallest absolute Gasteiger partial charge is 0.360 e. The molecule has 22 heavy (non-hydrogen) atoms. The Morgan fingerprint density at radius 3 is 2.73 bits per heavy atom. The highest BCUT2D eigenvalue weighted by Gasteiger charge is 2.14. The molecular formula is C15H13N3O4. The number of benzene rings is 1. The van der Waals surface area contributed by atoms with E-state index in [9.17, 15) is 9.59 Å². The molecule has 1 aromatic carbocycles. The Morgan fingerprint density at radius 1 is 1.36 bits per heavy atom. The number of hydrogen-bond donors (Lipinski definition) is 1. The Bertz CT molecular complexity index is 713. The summed E-state index contributed by atoms with van der Waals surface area (Å²) in [5.74, 6) is -0.646. The van der Waals surface area contributed by atoms with Crippen LogP contribution in [0.4, 0.5) is 5.69 Å². The van der Waals surface area contributed by atoms with Gasteiger partial charge in [0, 0.05) is 11.3 Å². The maximum atomic E-state index is 11.5. The van der Waals surface area contributed by atoms with Crippen molar-refractivity contribution in [3.05, 3.63) is 36.2 Å². The van der Waals surface area contributed by atoms with Gasteiger partial charge in [0.1, 0.15) is 12.7 Å². The van der Waals surface area contributed by atoms with Crippen LogP contribution < -0.4 is 5.32 Å². The Kier molecular flexibility index (Phi) is 4.88. The molecule has 1 amide bonds. The molecule has 0 aliphatic heterocycles. The van der Waals surface area contributed by atoms with Gasteiger partial charge in [-0.05, 0) is 31.2 Å². The maximum Gasteiger partial charge on any atom is 0.360 e. The summed E-state index contributed by atoms with van der Waals surface area (Å²) in [5, 5.41) is 11.0. The summed E-state index contributed by atoms with van der Waals surface area (Å²) in [4.78, 5) is 26.8. The molecule has 2 rings (SSSR count). The van der Waals surface area contributed by atoms with E-state index in [-0.39, 0.29) is 30.5 Å². The fourth-order valence-electron chi connectivity index (χ4n) is 1.68. The number of ether oxygens (including phenoxy) is 1. The molecule has 0 radical (unpaired) electrons. The molecule has 1 heterocycles. The molecule has 112 valence electrons. The van der Waals surface area contributed by atoms with E-state index < -0.39 is 5.97 Å². The first-order valence-corrected chi connectivity index (χ1v) is 6.54. The molecule has 0 aliphatic rings. The quantitative estimate of drug-likeness (QED) is 0.850. The van der Waals surface area contributed by atoms with Crippen LogP contribution in [0.5, 0.6) is 0 Å². The van der Waals surface area contributed by atoms with E-state index in [0.29, 0.717) is 11.3 Å². The van der Waals surface area contributed by atoms with Gasteiger partial charge < -0.3 is 14.5 Å². The lowest BCUT2D eigenvalue weighted by atomic mass is 10.2. The Balaban J connectivity index is 2.09. The molecule has 0 unspecified atom stereocenters. The number of hydrogen-bond acceptors (Lipinski definition) is 6. The second-order valence-corrected chi connectivity index (χ2v) is 4.22. The second-order valence-electron chi connectivity index (χ2n) is 4.22. The summed E-state index contributed by atoms with van der Waals surface area (Å²) in [6.07, 6.45) is 1.03. The number of oxazole rings is 1. The summed E-state index contributed by atoms with van der Waals surface area (Å²) in [6, 6.07) is 8.44. The molecule has 7 heteroatoms. The van der Waals surface area contributed by atoms with Gasteiger partial charge in [0.05, 0.1) is 12.7 Å². The minimum atomic E-state index is -0.544. The highest BCUT2D eigenvalue weighted by Crippen LogP contribution is 2.21. The van der Waals surface area contributed by atoms with Gasteiger partial charge in [-0.15, -0.1) is 0 Å². The predicted molar refractivity (Wildman–Crippen MR) is 76.8 cm³/mol. The van der Waals surface area contributed by atoms with Crippen LogP contribution >= 0.6 is 0 Å². The van der Waals surface area contributed by atoms with E-state index in [1.54, 1.807) is 37.3 Å². The van der Waals surface area contributed by atoms with E-state index in [1.807, 2.05) is 0 Å². The van der Waals surface area contributed by atoms with E-state index in [2.05, 4.69) is 10.3 Å². The Morgan fingerprint density at radius 2 is 2.09 bits per heavy atom. The zero-order chi connectivity index (χ0) is 15.9. The fourth-order valence-corrected chi connectivity index (χ4v) is 1.68. The van der Waals surface area contributed by atoms with Crippen LogP contribution in [0.3, 0.4) is 0 Å². The van der Waals surface area contributed by atoms with Crippen molar-refractivity contribution in [3.8, 4) is 17.5 Å². The van der Waals surface area contributed by atoms with E-state index >= 15 is 0 Å². The minimum absolute atomic E-state index is 0.100. The standard InChI is InChI=1S/C15H13N3O4/c1-2-21-15(20)12-9-22-14(18-12)10-3-5-11(6-4-10)17-13(19)7-8-16/h3-6,9H,2,7H2,1H3,(H,17,19). The minimum Gasteiger partial charge on any atom is -0.461 e. The van der Waals surface area contributed by atoms with Crippen molar-refractivity contribution in [2.75, 3.05) is 11.9 Å². The molecule has 1 N–H and O–H groups in total. The number of nitriles is 1. The van der Waals surface area contributed by atoms with Gasteiger partial charge in [0.2, 0.25) is 11.8 Å². The molecule has 0 fully saturated rings. The molecular weight excluding hydrogens is 286 g/mol. The van der Waals surface area contributed by atoms with Crippen LogP contribution in [0.15, 0.2) is 34.9 Å². The van der Waals surface area contributed by atoms with Gasteiger partial charge >= 0.3 is 5.97 Å². The predicted octanol–water partition coefficient (Wildman–Crippen LogP) is 2.37. The highest BCUT2D eigenvalue weighted by molar-refractivity contribution is 5.92. The third-order valence-electron chi connectivity index (χ3n) is 2.64. The van der Waals surface area contributed by atoms with Crippen LogP contribution in [0.2, 0.25) is 0 Å². The number of nitrogens with zero attached hydrogens (tertiary/aromatic N) is 2. The number of aromatic nitrogens is 1. The number of carbonyl (C=O) groups is 2.